The predicted molar refractivity (Wildman–Crippen MR) is 83.5 cm³/mol. The normalized spacial score (nSPS) is 11.9. The molecule has 1 heterocycles. The highest BCUT2D eigenvalue weighted by Gasteiger charge is 2.20. The number of aromatic nitrogens is 1. The summed E-state index contributed by atoms with van der Waals surface area (Å²) in [5, 5.41) is 9.44. The van der Waals surface area contributed by atoms with Gasteiger partial charge in [-0.2, -0.15) is 0 Å². The molecule has 5 heteroatoms. The molecule has 0 radical (unpaired) electrons. The molecule has 4 nitrogen and oxygen atoms in total. The van der Waals surface area contributed by atoms with Gasteiger partial charge in [-0.3, -0.25) is 9.78 Å². The summed E-state index contributed by atoms with van der Waals surface area (Å²) in [4.78, 5) is 15.7. The number of nitrogens with zero attached hydrogens (tertiary/aromatic N) is 1. The minimum absolute atomic E-state index is 0.390. The van der Waals surface area contributed by atoms with Gasteiger partial charge in [0.1, 0.15) is 5.75 Å². The van der Waals surface area contributed by atoms with Crippen molar-refractivity contribution >= 4 is 21.9 Å². The number of ether oxygens (including phenoxy) is 1. The van der Waals surface area contributed by atoms with E-state index in [0.717, 1.165) is 15.7 Å². The second-order valence-electron chi connectivity index (χ2n) is 4.72. The number of methoxy groups -OCH3 is 1. The number of benzene rings is 1. The van der Waals surface area contributed by atoms with E-state index in [9.17, 15) is 9.90 Å². The molecule has 0 saturated carbocycles. The highest BCUT2D eigenvalue weighted by molar-refractivity contribution is 9.10. The van der Waals surface area contributed by atoms with Crippen molar-refractivity contribution in [1.29, 1.82) is 0 Å². The molecule has 0 bridgehead atoms. The van der Waals surface area contributed by atoms with Crippen LogP contribution in [0.2, 0.25) is 0 Å². The molecule has 1 unspecified atom stereocenters. The summed E-state index contributed by atoms with van der Waals surface area (Å²) in [6.45, 7) is 0. The van der Waals surface area contributed by atoms with Crippen LogP contribution in [0.4, 0.5) is 0 Å². The van der Waals surface area contributed by atoms with E-state index in [-0.39, 0.29) is 0 Å². The molecule has 110 valence electrons. The number of pyridine rings is 1. The number of para-hydroxylation sites is 1. The van der Waals surface area contributed by atoms with Crippen LogP contribution in [0.1, 0.15) is 11.3 Å². The highest BCUT2D eigenvalue weighted by atomic mass is 79.9. The van der Waals surface area contributed by atoms with Crippen molar-refractivity contribution in [1.82, 2.24) is 4.98 Å². The van der Waals surface area contributed by atoms with E-state index >= 15 is 0 Å². The first-order valence-corrected chi connectivity index (χ1v) is 7.34. The van der Waals surface area contributed by atoms with Crippen molar-refractivity contribution in [2.75, 3.05) is 7.11 Å². The monoisotopic (exact) mass is 349 g/mol. The highest BCUT2D eigenvalue weighted by Crippen LogP contribution is 2.23. The van der Waals surface area contributed by atoms with Crippen LogP contribution in [0.25, 0.3) is 0 Å². The Hall–Kier alpha value is -1.88. The molecule has 2 rings (SSSR count). The van der Waals surface area contributed by atoms with Crippen LogP contribution in [0.15, 0.2) is 47.1 Å². The Morgan fingerprint density at radius 2 is 2.05 bits per heavy atom. The summed E-state index contributed by atoms with van der Waals surface area (Å²) >= 11 is 3.32. The third-order valence-electron chi connectivity index (χ3n) is 3.25. The average Bonchev–Trinajstić information content (AvgIpc) is 2.49. The molecule has 0 saturated heterocycles. The van der Waals surface area contributed by atoms with E-state index in [2.05, 4.69) is 20.9 Å². The molecule has 0 aliphatic carbocycles. The van der Waals surface area contributed by atoms with Gasteiger partial charge in [0.25, 0.3) is 0 Å². The predicted octanol–water partition coefficient (Wildman–Crippen LogP) is 3.34. The summed E-state index contributed by atoms with van der Waals surface area (Å²) in [6, 6.07) is 11.2. The first kappa shape index (κ1) is 15.5. The molecule has 0 amide bonds. The lowest BCUT2D eigenvalue weighted by molar-refractivity contribution is -0.141. The SMILES string of the molecule is COc1ccccc1CC(Cc1ccc(Br)cn1)C(=O)O. The summed E-state index contributed by atoms with van der Waals surface area (Å²) in [7, 11) is 1.59. The van der Waals surface area contributed by atoms with Gasteiger partial charge in [-0.15, -0.1) is 0 Å². The zero-order chi connectivity index (χ0) is 15.2. The van der Waals surface area contributed by atoms with E-state index in [1.807, 2.05) is 36.4 Å². The molecule has 1 N–H and O–H groups in total. The molecule has 1 aromatic carbocycles. The van der Waals surface area contributed by atoms with Crippen molar-refractivity contribution < 1.29 is 14.6 Å². The van der Waals surface area contributed by atoms with Crippen molar-refractivity contribution in [3.05, 3.63) is 58.3 Å². The van der Waals surface area contributed by atoms with Crippen LogP contribution in [0, 0.1) is 5.92 Å². The summed E-state index contributed by atoms with van der Waals surface area (Å²) in [5.74, 6) is -0.645. The second kappa shape index (κ2) is 7.22. The van der Waals surface area contributed by atoms with Gasteiger partial charge in [-0.25, -0.2) is 0 Å². The molecule has 0 aliphatic heterocycles. The molecular formula is C16H16BrNO3. The lowest BCUT2D eigenvalue weighted by Gasteiger charge is -2.14. The fourth-order valence-electron chi connectivity index (χ4n) is 2.16. The van der Waals surface area contributed by atoms with Gasteiger partial charge < -0.3 is 9.84 Å². The lowest BCUT2D eigenvalue weighted by atomic mass is 9.94. The van der Waals surface area contributed by atoms with E-state index in [0.29, 0.717) is 18.6 Å². The molecular weight excluding hydrogens is 334 g/mol. The fraction of sp³-hybridized carbons (Fsp3) is 0.250. The third-order valence-corrected chi connectivity index (χ3v) is 3.72. The van der Waals surface area contributed by atoms with Crippen molar-refractivity contribution in [3.8, 4) is 5.75 Å². The quantitative estimate of drug-likeness (QED) is 0.868. The zero-order valence-electron chi connectivity index (χ0n) is 11.6. The Bertz CT molecular complexity index is 613. The largest absolute Gasteiger partial charge is 0.496 e. The van der Waals surface area contributed by atoms with Gasteiger partial charge in [0.05, 0.1) is 13.0 Å². The fourth-order valence-corrected chi connectivity index (χ4v) is 2.40. The Morgan fingerprint density at radius 3 is 2.67 bits per heavy atom. The molecule has 0 spiro atoms. The van der Waals surface area contributed by atoms with E-state index < -0.39 is 11.9 Å². The number of carboxylic acid groups (broad SMARTS) is 1. The molecule has 1 aromatic heterocycles. The number of carboxylic acids is 1. The minimum atomic E-state index is -0.828. The molecule has 21 heavy (non-hydrogen) atoms. The van der Waals surface area contributed by atoms with Gasteiger partial charge >= 0.3 is 5.97 Å². The summed E-state index contributed by atoms with van der Waals surface area (Å²) in [5.41, 5.74) is 1.66. The van der Waals surface area contributed by atoms with E-state index in [4.69, 9.17) is 4.74 Å². The van der Waals surface area contributed by atoms with E-state index in [1.165, 1.54) is 0 Å². The number of hydrogen-bond donors (Lipinski definition) is 1. The smallest absolute Gasteiger partial charge is 0.307 e. The first-order chi connectivity index (χ1) is 10.1. The van der Waals surface area contributed by atoms with Gasteiger partial charge in [0, 0.05) is 22.8 Å². The van der Waals surface area contributed by atoms with Crippen LogP contribution in [0.5, 0.6) is 5.75 Å². The second-order valence-corrected chi connectivity index (χ2v) is 5.64. The topological polar surface area (TPSA) is 59.4 Å². The number of hydrogen-bond acceptors (Lipinski definition) is 3. The van der Waals surface area contributed by atoms with Gasteiger partial charge in [-0.1, -0.05) is 18.2 Å². The Kier molecular flexibility index (Phi) is 5.33. The van der Waals surface area contributed by atoms with Crippen molar-refractivity contribution in [3.63, 3.8) is 0 Å². The van der Waals surface area contributed by atoms with Crippen molar-refractivity contribution in [2.24, 2.45) is 5.92 Å². The first-order valence-electron chi connectivity index (χ1n) is 6.55. The maximum Gasteiger partial charge on any atom is 0.307 e. The number of aliphatic carboxylic acids is 1. The minimum Gasteiger partial charge on any atom is -0.496 e. The van der Waals surface area contributed by atoms with Crippen molar-refractivity contribution in [2.45, 2.75) is 12.8 Å². The third kappa shape index (κ3) is 4.29. The molecule has 2 aromatic rings. The Morgan fingerprint density at radius 1 is 1.29 bits per heavy atom. The Labute approximate surface area is 131 Å². The molecule has 1 atom stereocenters. The van der Waals surface area contributed by atoms with Crippen LogP contribution < -0.4 is 4.74 Å². The van der Waals surface area contributed by atoms with Gasteiger partial charge in [-0.05, 0) is 46.1 Å². The summed E-state index contributed by atoms with van der Waals surface area (Å²) in [6.07, 6.45) is 2.48. The van der Waals surface area contributed by atoms with Crippen LogP contribution in [0.3, 0.4) is 0 Å². The number of halogens is 1. The van der Waals surface area contributed by atoms with Crippen LogP contribution in [-0.4, -0.2) is 23.2 Å². The Balaban J connectivity index is 2.16. The average molecular weight is 350 g/mol. The number of rotatable bonds is 6. The molecule has 0 aliphatic rings. The van der Waals surface area contributed by atoms with Crippen LogP contribution in [-0.2, 0) is 17.6 Å². The van der Waals surface area contributed by atoms with Gasteiger partial charge in [0.15, 0.2) is 0 Å². The maximum absolute atomic E-state index is 11.5. The van der Waals surface area contributed by atoms with E-state index in [1.54, 1.807) is 13.3 Å². The zero-order valence-corrected chi connectivity index (χ0v) is 13.2. The van der Waals surface area contributed by atoms with Gasteiger partial charge in [0.2, 0.25) is 0 Å². The lowest BCUT2D eigenvalue weighted by Crippen LogP contribution is -2.20. The summed E-state index contributed by atoms with van der Waals surface area (Å²) < 4.78 is 6.15. The molecule has 0 fully saturated rings. The number of carbonyl (C=O) groups is 1. The standard InChI is InChI=1S/C16H16BrNO3/c1-21-15-5-3-2-4-11(15)8-12(16(19)20)9-14-7-6-13(17)10-18-14/h2-7,10,12H,8-9H2,1H3,(H,19,20). The van der Waals surface area contributed by atoms with Crippen LogP contribution >= 0.6 is 15.9 Å². The maximum atomic E-state index is 11.5.